The highest BCUT2D eigenvalue weighted by molar-refractivity contribution is 7.97. The number of benzene rings is 1. The molecule has 1 aliphatic heterocycles. The molecule has 0 spiro atoms. The van der Waals surface area contributed by atoms with Gasteiger partial charge in [0.2, 0.25) is 5.91 Å². The largest absolute Gasteiger partial charge is 0.361 e. The molecule has 8 heteroatoms. The van der Waals surface area contributed by atoms with Crippen LogP contribution in [-0.4, -0.2) is 23.4 Å². The summed E-state index contributed by atoms with van der Waals surface area (Å²) in [6.45, 7) is 0. The summed E-state index contributed by atoms with van der Waals surface area (Å²) in [5.74, 6) is 0.0406. The number of thiol groups is 2. The van der Waals surface area contributed by atoms with Gasteiger partial charge in [-0.05, 0) is 30.2 Å². The zero-order valence-electron chi connectivity index (χ0n) is 10.8. The quantitative estimate of drug-likeness (QED) is 0.598. The van der Waals surface area contributed by atoms with Crippen LogP contribution in [0, 0.1) is 0 Å². The first-order valence-corrected chi connectivity index (χ1v) is 6.58. The van der Waals surface area contributed by atoms with Crippen molar-refractivity contribution in [1.82, 2.24) is 0 Å². The summed E-state index contributed by atoms with van der Waals surface area (Å²) in [5, 5.41) is 1.85. The predicted molar refractivity (Wildman–Crippen MR) is 84.7 cm³/mol. The van der Waals surface area contributed by atoms with Crippen LogP contribution >= 0.6 is 25.3 Å². The summed E-state index contributed by atoms with van der Waals surface area (Å²) < 4.78 is 0. The smallest absolute Gasteiger partial charge is 0.282 e. The van der Waals surface area contributed by atoms with Crippen molar-refractivity contribution < 1.29 is 14.4 Å². The number of hydrogen-bond acceptors (Lipinski definition) is 3. The number of carbonyl (C=O) groups excluding carboxylic acids is 3. The Kier molecular flexibility index (Phi) is 5.90. The highest BCUT2D eigenvalue weighted by atomic mass is 32.1. The third-order valence-electron chi connectivity index (χ3n) is 2.66. The number of primary amides is 1. The molecule has 0 saturated carbocycles. The van der Waals surface area contributed by atoms with Crippen LogP contribution in [0.2, 0.25) is 0 Å². The van der Waals surface area contributed by atoms with E-state index in [1.165, 1.54) is 4.90 Å². The molecule has 0 fully saturated rings. The first kappa shape index (κ1) is 16.4. The molecular weight excluding hydrogens is 298 g/mol. The molecule has 0 radical (unpaired) electrons. The third kappa shape index (κ3) is 4.78. The zero-order chi connectivity index (χ0) is 15.3. The Balaban J connectivity index is 0.000000444. The van der Waals surface area contributed by atoms with Crippen molar-refractivity contribution >= 4 is 53.0 Å². The first-order valence-electron chi connectivity index (χ1n) is 5.69. The van der Waals surface area contributed by atoms with E-state index in [4.69, 9.17) is 4.79 Å². The van der Waals surface area contributed by atoms with Crippen molar-refractivity contribution in [3.05, 3.63) is 23.8 Å². The van der Waals surface area contributed by atoms with Gasteiger partial charge in [-0.3, -0.25) is 14.4 Å². The number of fused-ring (bicyclic) bond motifs is 1. The molecule has 1 aromatic rings. The second-order valence-electron chi connectivity index (χ2n) is 4.07. The molecule has 0 saturated heterocycles. The third-order valence-corrected chi connectivity index (χ3v) is 2.96. The monoisotopic (exact) mass is 313 g/mol. The maximum atomic E-state index is 11.2. The van der Waals surface area contributed by atoms with Gasteiger partial charge in [-0.1, -0.05) is 25.3 Å². The number of aryl methyl sites for hydroxylation is 1. The van der Waals surface area contributed by atoms with Crippen molar-refractivity contribution in [2.75, 3.05) is 17.3 Å². The zero-order valence-corrected chi connectivity index (χ0v) is 12.6. The normalized spacial score (nSPS) is 12.4. The molecule has 0 bridgehead atoms. The Labute approximate surface area is 127 Å². The average molecular weight is 313 g/mol. The fourth-order valence-corrected chi connectivity index (χ4v) is 1.80. The number of nitrogens with one attached hydrogen (secondary N) is 1. The van der Waals surface area contributed by atoms with Crippen LogP contribution in [0.1, 0.15) is 12.0 Å². The minimum absolute atomic E-state index is 0.0406. The molecule has 1 aromatic carbocycles. The van der Waals surface area contributed by atoms with Crippen molar-refractivity contribution in [3.63, 3.8) is 0 Å². The van der Waals surface area contributed by atoms with Crippen LogP contribution in [0.25, 0.3) is 0 Å². The van der Waals surface area contributed by atoms with E-state index >= 15 is 0 Å². The van der Waals surface area contributed by atoms with Crippen molar-refractivity contribution in [1.29, 1.82) is 0 Å². The lowest BCUT2D eigenvalue weighted by Gasteiger charge is -2.20. The lowest BCUT2D eigenvalue weighted by molar-refractivity contribution is -0.116. The highest BCUT2D eigenvalue weighted by Crippen LogP contribution is 2.27. The van der Waals surface area contributed by atoms with Gasteiger partial charge in [0.1, 0.15) is 0 Å². The SMILES string of the molecule is CN(C(=O)S)c1ccc2c(c1)CCC(=O)N2.NC(=O)S. The van der Waals surface area contributed by atoms with Gasteiger partial charge in [-0.2, -0.15) is 0 Å². The van der Waals surface area contributed by atoms with Crippen molar-refractivity contribution in [2.24, 2.45) is 5.73 Å². The molecule has 1 heterocycles. The number of amides is 3. The molecule has 2 rings (SSSR count). The number of rotatable bonds is 1. The van der Waals surface area contributed by atoms with E-state index < -0.39 is 5.24 Å². The predicted octanol–water partition coefficient (Wildman–Crippen LogP) is 2.05. The number of carbonyl (C=O) groups is 3. The van der Waals surface area contributed by atoms with Gasteiger partial charge in [0.15, 0.2) is 0 Å². The number of anilines is 2. The number of hydrogen-bond donors (Lipinski definition) is 4. The lowest BCUT2D eigenvalue weighted by Crippen LogP contribution is -2.22. The van der Waals surface area contributed by atoms with Crippen molar-refractivity contribution in [2.45, 2.75) is 12.8 Å². The molecule has 0 aromatic heterocycles. The fourth-order valence-electron chi connectivity index (χ4n) is 1.69. The van der Waals surface area contributed by atoms with Gasteiger partial charge in [-0.15, -0.1) is 0 Å². The number of nitrogens with two attached hydrogens (primary N) is 1. The van der Waals surface area contributed by atoms with Crippen LogP contribution in [0.3, 0.4) is 0 Å². The standard InChI is InChI=1S/C11H12N2O2S.CH3NOS/c1-13(11(15)16)8-3-4-9-7(6-8)2-5-10(14)12-9;2-1(3)4/h3-4,6H,2,5H2,1H3,(H,12,14)(H,15,16);(H3,2,3,4). The Bertz CT molecular complexity index is 545. The van der Waals surface area contributed by atoms with Crippen molar-refractivity contribution in [3.8, 4) is 0 Å². The summed E-state index contributed by atoms with van der Waals surface area (Å²) in [4.78, 5) is 32.8. The van der Waals surface area contributed by atoms with E-state index in [-0.39, 0.29) is 11.1 Å². The van der Waals surface area contributed by atoms with E-state index in [0.717, 1.165) is 16.9 Å². The minimum atomic E-state index is -0.639. The molecule has 0 unspecified atom stereocenters. The van der Waals surface area contributed by atoms with Crippen LogP contribution in [0.15, 0.2) is 18.2 Å². The van der Waals surface area contributed by atoms with Crippen LogP contribution in [-0.2, 0) is 11.2 Å². The van der Waals surface area contributed by atoms with Gasteiger partial charge in [-0.25, -0.2) is 0 Å². The molecule has 6 nitrogen and oxygen atoms in total. The fraction of sp³-hybridized carbons (Fsp3) is 0.250. The second kappa shape index (κ2) is 7.20. The Hall–Kier alpha value is -1.67. The summed E-state index contributed by atoms with van der Waals surface area (Å²) in [5.41, 5.74) is 7.01. The Morgan fingerprint density at radius 1 is 1.30 bits per heavy atom. The van der Waals surface area contributed by atoms with Gasteiger partial charge < -0.3 is 16.0 Å². The Morgan fingerprint density at radius 3 is 2.45 bits per heavy atom. The van der Waals surface area contributed by atoms with Gasteiger partial charge in [0.05, 0.1) is 0 Å². The molecule has 108 valence electrons. The van der Waals surface area contributed by atoms with Gasteiger partial charge >= 0.3 is 0 Å². The summed E-state index contributed by atoms with van der Waals surface area (Å²) >= 11 is 6.87. The molecule has 3 amide bonds. The molecular formula is C12H15N3O3S2. The summed E-state index contributed by atoms with van der Waals surface area (Å²) in [6.07, 6.45) is 1.21. The van der Waals surface area contributed by atoms with E-state index in [2.05, 4.69) is 36.3 Å². The second-order valence-corrected chi connectivity index (χ2v) is 4.89. The molecule has 3 N–H and O–H groups in total. The summed E-state index contributed by atoms with van der Waals surface area (Å²) in [7, 11) is 1.67. The van der Waals surface area contributed by atoms with Crippen LogP contribution in [0.5, 0.6) is 0 Å². The minimum Gasteiger partial charge on any atom is -0.361 e. The maximum Gasteiger partial charge on any atom is 0.282 e. The molecule has 0 aliphatic carbocycles. The van der Waals surface area contributed by atoms with E-state index in [1.54, 1.807) is 13.1 Å². The Morgan fingerprint density at radius 2 is 1.90 bits per heavy atom. The summed E-state index contributed by atoms with van der Waals surface area (Å²) in [6, 6.07) is 5.51. The maximum absolute atomic E-state index is 11.2. The first-order chi connectivity index (χ1) is 9.31. The molecule has 0 atom stereocenters. The molecule has 1 aliphatic rings. The van der Waals surface area contributed by atoms with Crippen LogP contribution < -0.4 is 16.0 Å². The van der Waals surface area contributed by atoms with Crippen LogP contribution in [0.4, 0.5) is 21.0 Å². The topological polar surface area (TPSA) is 92.5 Å². The highest BCUT2D eigenvalue weighted by Gasteiger charge is 2.16. The average Bonchev–Trinajstić information content (AvgIpc) is 2.36. The van der Waals surface area contributed by atoms with E-state index in [1.807, 2.05) is 12.1 Å². The van der Waals surface area contributed by atoms with Gasteiger partial charge in [0.25, 0.3) is 10.5 Å². The molecule has 20 heavy (non-hydrogen) atoms. The number of nitrogens with zero attached hydrogens (tertiary/aromatic N) is 1. The lowest BCUT2D eigenvalue weighted by atomic mass is 10.0. The van der Waals surface area contributed by atoms with Gasteiger partial charge in [0, 0.05) is 24.8 Å². The van der Waals surface area contributed by atoms with E-state index in [0.29, 0.717) is 12.8 Å². The van der Waals surface area contributed by atoms with E-state index in [9.17, 15) is 9.59 Å².